The van der Waals surface area contributed by atoms with Crippen LogP contribution in [0, 0.1) is 0 Å². The maximum atomic E-state index is 4.49. The summed E-state index contributed by atoms with van der Waals surface area (Å²) in [4.78, 5) is 4.49. The quantitative estimate of drug-likeness (QED) is 0.393. The molecule has 100 valence electrons. The summed E-state index contributed by atoms with van der Waals surface area (Å²) in [6.45, 7) is 7.71. The normalized spacial score (nSPS) is 9.67. The zero-order valence-corrected chi connectivity index (χ0v) is 11.4. The predicted octanol–water partition coefficient (Wildman–Crippen LogP) is 2.06. The van der Waals surface area contributed by atoms with Crippen molar-refractivity contribution in [2.24, 2.45) is 4.99 Å². The maximum Gasteiger partial charge on any atom is 0.191 e. The molecule has 0 aromatic heterocycles. The first-order valence-corrected chi connectivity index (χ1v) is 6.68. The van der Waals surface area contributed by atoms with Crippen LogP contribution in [0.15, 0.2) is 35.3 Å². The summed E-state index contributed by atoms with van der Waals surface area (Å²) >= 11 is 0. The van der Waals surface area contributed by atoms with Crippen LogP contribution in [-0.2, 0) is 0 Å². The molecule has 0 amide bonds. The summed E-state index contributed by atoms with van der Waals surface area (Å²) in [6, 6.07) is 10.2. The lowest BCUT2D eigenvalue weighted by Gasteiger charge is -2.09. The number of benzene rings is 1. The smallest absolute Gasteiger partial charge is 0.191 e. The Kier molecular flexibility index (Phi) is 7.44. The molecular formula is C14H24N4. The fourth-order valence-corrected chi connectivity index (χ4v) is 1.57. The van der Waals surface area contributed by atoms with Gasteiger partial charge in [0.1, 0.15) is 0 Å². The van der Waals surface area contributed by atoms with Crippen LogP contribution < -0.4 is 16.0 Å². The number of aliphatic imine (C=N–C) groups is 1. The van der Waals surface area contributed by atoms with Gasteiger partial charge in [-0.1, -0.05) is 18.2 Å². The fraction of sp³-hybridized carbons (Fsp3) is 0.500. The summed E-state index contributed by atoms with van der Waals surface area (Å²) in [7, 11) is 0. The molecule has 0 saturated carbocycles. The Labute approximate surface area is 110 Å². The summed E-state index contributed by atoms with van der Waals surface area (Å²) in [5, 5.41) is 9.79. The van der Waals surface area contributed by atoms with Crippen LogP contribution in [-0.4, -0.2) is 32.1 Å². The van der Waals surface area contributed by atoms with Crippen molar-refractivity contribution in [1.29, 1.82) is 0 Å². The largest absolute Gasteiger partial charge is 0.385 e. The van der Waals surface area contributed by atoms with Crippen LogP contribution in [0.2, 0.25) is 0 Å². The van der Waals surface area contributed by atoms with Gasteiger partial charge in [-0.15, -0.1) is 0 Å². The molecule has 0 unspecified atom stereocenters. The van der Waals surface area contributed by atoms with E-state index in [1.54, 1.807) is 0 Å². The molecule has 4 heteroatoms. The zero-order chi connectivity index (χ0) is 13.1. The Morgan fingerprint density at radius 1 is 1.06 bits per heavy atom. The van der Waals surface area contributed by atoms with Crippen LogP contribution in [0.4, 0.5) is 5.69 Å². The Morgan fingerprint density at radius 3 is 2.33 bits per heavy atom. The fourth-order valence-electron chi connectivity index (χ4n) is 1.57. The topological polar surface area (TPSA) is 48.5 Å². The highest BCUT2D eigenvalue weighted by Crippen LogP contribution is 2.04. The van der Waals surface area contributed by atoms with Gasteiger partial charge in [0.15, 0.2) is 5.96 Å². The first-order valence-electron chi connectivity index (χ1n) is 6.68. The second-order valence-electron chi connectivity index (χ2n) is 3.94. The molecule has 3 N–H and O–H groups in total. The van der Waals surface area contributed by atoms with Gasteiger partial charge in [0.05, 0.1) is 0 Å². The number of hydrogen-bond donors (Lipinski definition) is 3. The summed E-state index contributed by atoms with van der Waals surface area (Å²) in [5.41, 5.74) is 1.17. The third-order valence-corrected chi connectivity index (χ3v) is 2.40. The first kappa shape index (κ1) is 14.4. The van der Waals surface area contributed by atoms with E-state index in [-0.39, 0.29) is 0 Å². The lowest BCUT2D eigenvalue weighted by molar-refractivity contribution is 0.813. The summed E-state index contributed by atoms with van der Waals surface area (Å²) in [6.07, 6.45) is 1.02. The minimum absolute atomic E-state index is 0.829. The molecule has 0 atom stereocenters. The van der Waals surface area contributed by atoms with Crippen LogP contribution in [0.5, 0.6) is 0 Å². The molecule has 1 rings (SSSR count). The molecule has 1 aromatic carbocycles. The molecule has 0 spiro atoms. The standard InChI is InChI=1S/C14H24N4/c1-3-15-14(16-4-2)18-12-8-11-17-13-9-6-5-7-10-13/h5-7,9-10,17H,3-4,8,11-12H2,1-2H3,(H2,15,16,18). The molecule has 0 aliphatic carbocycles. The van der Waals surface area contributed by atoms with E-state index in [0.717, 1.165) is 38.6 Å². The Bertz CT molecular complexity index is 327. The second kappa shape index (κ2) is 9.33. The van der Waals surface area contributed by atoms with Crippen molar-refractivity contribution in [2.45, 2.75) is 20.3 Å². The summed E-state index contributed by atoms with van der Waals surface area (Å²) < 4.78 is 0. The molecule has 0 bridgehead atoms. The van der Waals surface area contributed by atoms with Crippen molar-refractivity contribution in [3.05, 3.63) is 30.3 Å². The minimum Gasteiger partial charge on any atom is -0.385 e. The van der Waals surface area contributed by atoms with E-state index in [1.165, 1.54) is 5.69 Å². The Hall–Kier alpha value is -1.71. The minimum atomic E-state index is 0.829. The van der Waals surface area contributed by atoms with Gasteiger partial charge < -0.3 is 16.0 Å². The molecule has 18 heavy (non-hydrogen) atoms. The number of guanidine groups is 1. The molecule has 0 radical (unpaired) electrons. The van der Waals surface area contributed by atoms with Crippen molar-refractivity contribution in [2.75, 3.05) is 31.5 Å². The highest BCUT2D eigenvalue weighted by Gasteiger charge is 1.93. The molecule has 0 fully saturated rings. The van der Waals surface area contributed by atoms with E-state index in [4.69, 9.17) is 0 Å². The van der Waals surface area contributed by atoms with Gasteiger partial charge in [0, 0.05) is 31.9 Å². The SMILES string of the molecule is CCNC(=NCCCNc1ccccc1)NCC. The molecule has 0 saturated heterocycles. The number of hydrogen-bond acceptors (Lipinski definition) is 2. The van der Waals surface area contributed by atoms with Gasteiger partial charge in [-0.2, -0.15) is 0 Å². The maximum absolute atomic E-state index is 4.49. The first-order chi connectivity index (χ1) is 8.86. The van der Waals surface area contributed by atoms with Gasteiger partial charge in [-0.25, -0.2) is 0 Å². The number of nitrogens with zero attached hydrogens (tertiary/aromatic N) is 1. The van der Waals surface area contributed by atoms with Crippen LogP contribution in [0.1, 0.15) is 20.3 Å². The Morgan fingerprint density at radius 2 is 1.72 bits per heavy atom. The predicted molar refractivity (Wildman–Crippen MR) is 79.2 cm³/mol. The van der Waals surface area contributed by atoms with Gasteiger partial charge in [-0.3, -0.25) is 4.99 Å². The molecule has 0 heterocycles. The molecule has 0 aliphatic heterocycles. The van der Waals surface area contributed by atoms with E-state index in [0.29, 0.717) is 0 Å². The van der Waals surface area contributed by atoms with E-state index in [1.807, 2.05) is 18.2 Å². The van der Waals surface area contributed by atoms with Crippen molar-refractivity contribution in [3.63, 3.8) is 0 Å². The van der Waals surface area contributed by atoms with Crippen molar-refractivity contribution >= 4 is 11.6 Å². The molecule has 1 aromatic rings. The van der Waals surface area contributed by atoms with E-state index in [2.05, 4.69) is 46.9 Å². The van der Waals surface area contributed by atoms with Gasteiger partial charge >= 0.3 is 0 Å². The van der Waals surface area contributed by atoms with Crippen molar-refractivity contribution < 1.29 is 0 Å². The van der Waals surface area contributed by atoms with Crippen LogP contribution in [0.3, 0.4) is 0 Å². The van der Waals surface area contributed by atoms with E-state index < -0.39 is 0 Å². The highest BCUT2D eigenvalue weighted by atomic mass is 15.2. The third-order valence-electron chi connectivity index (χ3n) is 2.40. The van der Waals surface area contributed by atoms with Crippen LogP contribution in [0.25, 0.3) is 0 Å². The summed E-state index contributed by atoms with van der Waals surface area (Å²) in [5.74, 6) is 0.903. The van der Waals surface area contributed by atoms with Crippen molar-refractivity contribution in [1.82, 2.24) is 10.6 Å². The van der Waals surface area contributed by atoms with Gasteiger partial charge in [0.2, 0.25) is 0 Å². The van der Waals surface area contributed by atoms with E-state index in [9.17, 15) is 0 Å². The van der Waals surface area contributed by atoms with Gasteiger partial charge in [-0.05, 0) is 32.4 Å². The monoisotopic (exact) mass is 248 g/mol. The molecule has 4 nitrogen and oxygen atoms in total. The van der Waals surface area contributed by atoms with Crippen LogP contribution >= 0.6 is 0 Å². The number of para-hydroxylation sites is 1. The average molecular weight is 248 g/mol. The zero-order valence-electron chi connectivity index (χ0n) is 11.4. The lowest BCUT2D eigenvalue weighted by Crippen LogP contribution is -2.37. The second-order valence-corrected chi connectivity index (χ2v) is 3.94. The number of nitrogens with one attached hydrogen (secondary N) is 3. The molecule has 0 aliphatic rings. The lowest BCUT2D eigenvalue weighted by atomic mass is 10.3. The highest BCUT2D eigenvalue weighted by molar-refractivity contribution is 5.79. The number of rotatable bonds is 7. The van der Waals surface area contributed by atoms with Crippen molar-refractivity contribution in [3.8, 4) is 0 Å². The Balaban J connectivity index is 2.18. The number of anilines is 1. The van der Waals surface area contributed by atoms with Gasteiger partial charge in [0.25, 0.3) is 0 Å². The third kappa shape index (κ3) is 6.13. The molecular weight excluding hydrogens is 224 g/mol. The van der Waals surface area contributed by atoms with E-state index >= 15 is 0 Å². The average Bonchev–Trinajstić information content (AvgIpc) is 2.40.